The van der Waals surface area contributed by atoms with Crippen LogP contribution in [0.5, 0.6) is 0 Å². The SMILES string of the molecule is O=C([O-])CC(S)(S)C(=O)[O-].O=C([O-])CC(S)(S)C(=O)[O-].O=C([O-])CC(S)(S)C(=O)[O-].[Bi+3].[Bi+3]. The van der Waals surface area contributed by atoms with Crippen LogP contribution in [0.15, 0.2) is 0 Å². The molecule has 0 aromatic heterocycles. The van der Waals surface area contributed by atoms with Crippen molar-refractivity contribution in [2.75, 3.05) is 0 Å². The molecular formula is C12H12Bi2O12S6. The number of aliphatic carboxylic acids is 6. The van der Waals surface area contributed by atoms with Crippen LogP contribution in [0.4, 0.5) is 0 Å². The fourth-order valence-corrected chi connectivity index (χ4v) is 1.59. The van der Waals surface area contributed by atoms with E-state index in [9.17, 15) is 59.4 Å². The van der Waals surface area contributed by atoms with Gasteiger partial charge in [0.1, 0.15) is 0 Å². The molecule has 20 heteroatoms. The molecule has 0 saturated carbocycles. The first kappa shape index (κ1) is 42.8. The Kier molecular flexibility index (Phi) is 25.3. The molecule has 0 spiro atoms. The smallest absolute Gasteiger partial charge is 0.550 e. The summed E-state index contributed by atoms with van der Waals surface area (Å²) in [6.07, 6.45) is -2.37. The molecule has 0 amide bonds. The van der Waals surface area contributed by atoms with E-state index in [1.165, 1.54) is 0 Å². The van der Waals surface area contributed by atoms with Crippen LogP contribution in [0.1, 0.15) is 19.3 Å². The number of rotatable bonds is 9. The van der Waals surface area contributed by atoms with Crippen LogP contribution in [0.3, 0.4) is 0 Å². The first-order valence-electron chi connectivity index (χ1n) is 6.66. The Hall–Kier alpha value is 0.686. The monoisotopic (exact) mass is 958 g/mol. The standard InChI is InChI=1S/3C4H6O4S2.2Bi/c3*5-2(6)1-4(9,10)3(7)8;;/h3*9-10H,1H2,(H,5,6)(H,7,8);;/q;;;2*+3/p-6. The van der Waals surface area contributed by atoms with Crippen molar-refractivity contribution in [1.82, 2.24) is 0 Å². The predicted octanol–water partition coefficient (Wildman–Crippen LogP) is -8.46. The maximum absolute atomic E-state index is 10.0. The third kappa shape index (κ3) is 23.8. The van der Waals surface area contributed by atoms with Crippen molar-refractivity contribution in [2.24, 2.45) is 0 Å². The summed E-state index contributed by atoms with van der Waals surface area (Å²) in [6, 6.07) is 0. The van der Waals surface area contributed by atoms with E-state index in [1.807, 2.05) is 0 Å². The minimum Gasteiger partial charge on any atom is -0.550 e. The summed E-state index contributed by atoms with van der Waals surface area (Å²) in [5, 5.41) is 59.5. The minimum atomic E-state index is -1.95. The number of hydrogen-bond acceptors (Lipinski definition) is 18. The number of carbonyl (C=O) groups is 6. The van der Waals surface area contributed by atoms with Gasteiger partial charge in [-0.3, -0.25) is 0 Å². The average Bonchev–Trinajstić information content (AvgIpc) is 2.43. The van der Waals surface area contributed by atoms with Crippen molar-refractivity contribution >= 4 is 164 Å². The van der Waals surface area contributed by atoms with Gasteiger partial charge in [-0.2, -0.15) is 75.8 Å². The largest absolute Gasteiger partial charge is 3.00 e. The van der Waals surface area contributed by atoms with E-state index in [-0.39, 0.29) is 52.4 Å². The zero-order chi connectivity index (χ0) is 25.1. The van der Waals surface area contributed by atoms with Gasteiger partial charge in [0, 0.05) is 37.2 Å². The molecule has 0 unspecified atom stereocenters. The molecule has 0 heterocycles. The van der Waals surface area contributed by atoms with Gasteiger partial charge in [0.2, 0.25) is 0 Å². The zero-order valence-corrected chi connectivity index (χ0v) is 27.4. The second kappa shape index (κ2) is 18.9. The predicted molar refractivity (Wildman–Crippen MR) is 118 cm³/mol. The number of carboxylic acids is 6. The van der Waals surface area contributed by atoms with Crippen molar-refractivity contribution in [2.45, 2.75) is 31.5 Å². The van der Waals surface area contributed by atoms with Crippen LogP contribution in [0, 0.1) is 0 Å². The quantitative estimate of drug-likeness (QED) is 0.0718. The van der Waals surface area contributed by atoms with E-state index in [2.05, 4.69) is 75.8 Å². The van der Waals surface area contributed by atoms with Gasteiger partial charge in [-0.1, -0.05) is 0 Å². The van der Waals surface area contributed by atoms with E-state index >= 15 is 0 Å². The van der Waals surface area contributed by atoms with Crippen LogP contribution in [0.25, 0.3) is 0 Å². The summed E-state index contributed by atoms with van der Waals surface area (Å²) in [5.74, 6) is -9.55. The molecule has 4 radical (unpaired) electrons. The first-order chi connectivity index (χ1) is 13.1. The van der Waals surface area contributed by atoms with Gasteiger partial charge in [0.15, 0.2) is 0 Å². The third-order valence-corrected chi connectivity index (χ3v) is 4.20. The van der Waals surface area contributed by atoms with E-state index in [4.69, 9.17) is 0 Å². The first-order valence-corrected chi connectivity index (χ1v) is 9.35. The Bertz CT molecular complexity index is 595. The fraction of sp³-hybridized carbons (Fsp3) is 0.500. The number of carbonyl (C=O) groups excluding carboxylic acids is 6. The molecule has 0 rings (SSSR count). The number of carboxylic acid groups (broad SMARTS) is 6. The summed E-state index contributed by atoms with van der Waals surface area (Å²) in [6.45, 7) is 0. The fourth-order valence-electron chi connectivity index (χ4n) is 0.820. The molecule has 0 bridgehead atoms. The van der Waals surface area contributed by atoms with Crippen LogP contribution in [-0.2, 0) is 28.8 Å². The summed E-state index contributed by atoms with van der Waals surface area (Å²) in [4.78, 5) is 59.5. The van der Waals surface area contributed by atoms with E-state index in [0.29, 0.717) is 0 Å². The van der Waals surface area contributed by atoms with E-state index < -0.39 is 67.3 Å². The molecule has 0 saturated heterocycles. The van der Waals surface area contributed by atoms with Gasteiger partial charge in [0.25, 0.3) is 0 Å². The van der Waals surface area contributed by atoms with Crippen molar-refractivity contribution in [3.05, 3.63) is 0 Å². The van der Waals surface area contributed by atoms with Crippen LogP contribution in [-0.4, -0.2) is 100 Å². The molecule has 0 N–H and O–H groups in total. The molecule has 0 aromatic rings. The Balaban J connectivity index is -0.000000110. The van der Waals surface area contributed by atoms with Crippen LogP contribution in [0.2, 0.25) is 0 Å². The molecular weight excluding hydrogens is 946 g/mol. The van der Waals surface area contributed by atoms with Crippen molar-refractivity contribution in [3.63, 3.8) is 0 Å². The molecule has 12 nitrogen and oxygen atoms in total. The van der Waals surface area contributed by atoms with Gasteiger partial charge in [0.05, 0.1) is 30.1 Å². The maximum atomic E-state index is 10.0. The molecule has 0 aliphatic carbocycles. The Labute approximate surface area is 252 Å². The summed E-state index contributed by atoms with van der Waals surface area (Å²) in [5.41, 5.74) is 0. The van der Waals surface area contributed by atoms with Crippen molar-refractivity contribution < 1.29 is 59.4 Å². The summed E-state index contributed by atoms with van der Waals surface area (Å²) < 4.78 is -5.84. The second-order valence-electron chi connectivity index (χ2n) is 4.96. The number of hydrogen-bond donors (Lipinski definition) is 6. The van der Waals surface area contributed by atoms with E-state index in [0.717, 1.165) is 0 Å². The second-order valence-corrected chi connectivity index (χ2v) is 10.6. The average molecular weight is 959 g/mol. The third-order valence-electron chi connectivity index (χ3n) is 2.15. The minimum absolute atomic E-state index is 0. The molecule has 0 atom stereocenters. The Morgan fingerprint density at radius 2 is 0.562 bits per heavy atom. The Morgan fingerprint density at radius 1 is 0.438 bits per heavy atom. The van der Waals surface area contributed by atoms with Gasteiger partial charge in [-0.15, -0.1) is 0 Å². The molecule has 0 aliphatic rings. The van der Waals surface area contributed by atoms with Crippen LogP contribution >= 0.6 is 75.8 Å². The normalized spacial score (nSPS) is 10.3. The van der Waals surface area contributed by atoms with Gasteiger partial charge < -0.3 is 59.4 Å². The van der Waals surface area contributed by atoms with Gasteiger partial charge in [-0.25, -0.2) is 0 Å². The summed E-state index contributed by atoms with van der Waals surface area (Å²) in [7, 11) is 0. The number of thiol groups is 6. The topological polar surface area (TPSA) is 241 Å². The molecule has 32 heavy (non-hydrogen) atoms. The molecule has 178 valence electrons. The van der Waals surface area contributed by atoms with Crippen molar-refractivity contribution in [1.29, 1.82) is 0 Å². The van der Waals surface area contributed by atoms with Gasteiger partial charge in [-0.05, 0) is 0 Å². The maximum Gasteiger partial charge on any atom is 3.00 e. The van der Waals surface area contributed by atoms with Crippen LogP contribution < -0.4 is 30.6 Å². The molecule has 0 aromatic carbocycles. The van der Waals surface area contributed by atoms with E-state index in [1.54, 1.807) is 0 Å². The molecule has 0 aliphatic heterocycles. The van der Waals surface area contributed by atoms with Crippen molar-refractivity contribution in [3.8, 4) is 0 Å². The summed E-state index contributed by atoms with van der Waals surface area (Å²) >= 11 is 20.4. The Morgan fingerprint density at radius 3 is 0.594 bits per heavy atom. The zero-order valence-electron chi connectivity index (χ0n) is 15.1. The van der Waals surface area contributed by atoms with Gasteiger partial charge >= 0.3 is 52.4 Å². The molecule has 0 fully saturated rings.